The van der Waals surface area contributed by atoms with Crippen LogP contribution in [0.3, 0.4) is 0 Å². The lowest BCUT2D eigenvalue weighted by Gasteiger charge is -2.40. The van der Waals surface area contributed by atoms with E-state index in [1.165, 1.54) is 122 Å². The number of carbonyl (C=O) groups is 1. The van der Waals surface area contributed by atoms with Gasteiger partial charge in [0.25, 0.3) is 0 Å². The van der Waals surface area contributed by atoms with Gasteiger partial charge < -0.3 is 40.3 Å². The van der Waals surface area contributed by atoms with Crippen molar-refractivity contribution in [1.82, 2.24) is 5.32 Å². The summed E-state index contributed by atoms with van der Waals surface area (Å²) in [6.45, 7) is 3.68. The van der Waals surface area contributed by atoms with E-state index in [0.29, 0.717) is 6.42 Å². The lowest BCUT2D eigenvalue weighted by Crippen LogP contribution is -2.60. The Kier molecular flexibility index (Phi) is 35.3. The van der Waals surface area contributed by atoms with Gasteiger partial charge in [-0.1, -0.05) is 185 Å². The highest BCUT2D eigenvalue weighted by atomic mass is 16.7. The van der Waals surface area contributed by atoms with E-state index in [1.807, 2.05) is 6.08 Å². The minimum atomic E-state index is -1.57. The summed E-state index contributed by atoms with van der Waals surface area (Å²) in [7, 11) is 0. The fourth-order valence-electron chi connectivity index (χ4n) is 7.19. The van der Waals surface area contributed by atoms with E-state index < -0.39 is 49.5 Å². The highest BCUT2D eigenvalue weighted by Gasteiger charge is 2.44. The van der Waals surface area contributed by atoms with Gasteiger partial charge in [0.05, 0.1) is 25.4 Å². The molecular formula is C47H87NO8. The smallest absolute Gasteiger partial charge is 0.220 e. The molecule has 328 valence electrons. The molecule has 7 atom stereocenters. The van der Waals surface area contributed by atoms with Crippen LogP contribution in [0.4, 0.5) is 0 Å². The molecule has 1 rings (SSSR count). The van der Waals surface area contributed by atoms with Gasteiger partial charge in [-0.3, -0.25) is 4.79 Å². The van der Waals surface area contributed by atoms with E-state index in [2.05, 4.69) is 43.5 Å². The van der Waals surface area contributed by atoms with Gasteiger partial charge in [-0.05, 0) is 44.9 Å². The predicted octanol–water partition coefficient (Wildman–Crippen LogP) is 9.67. The molecule has 0 saturated carbocycles. The summed E-state index contributed by atoms with van der Waals surface area (Å²) in [4.78, 5) is 12.8. The standard InChI is InChI=1S/C47H87NO8/c1-3-5-7-9-11-12-13-14-15-16-17-18-19-20-21-22-23-24-25-26-27-28-29-30-31-32-34-36-41(50)40(48-43(51)37-35-33-10-8-6-4-2)39-55-47-46(54)45(53)44(52)42(38-49)56-47/h25-26,29-30,34,36,40-42,44-47,49-50,52-54H,3-24,27-28,31-33,35,37-39H2,1-2H3,(H,48,51)/b26-25+,30-29+,36-34+. The van der Waals surface area contributed by atoms with Crippen LogP contribution in [0.1, 0.15) is 200 Å². The Morgan fingerprint density at radius 1 is 0.589 bits per heavy atom. The normalized spacial score (nSPS) is 21.4. The summed E-state index contributed by atoms with van der Waals surface area (Å²) in [6.07, 6.45) is 39.6. The van der Waals surface area contributed by atoms with Gasteiger partial charge in [0.2, 0.25) is 5.91 Å². The highest BCUT2D eigenvalue weighted by molar-refractivity contribution is 5.76. The molecule has 1 aliphatic rings. The summed E-state index contributed by atoms with van der Waals surface area (Å²) in [6, 6.07) is -0.822. The molecule has 0 aromatic carbocycles. The van der Waals surface area contributed by atoms with Crippen molar-refractivity contribution in [3.8, 4) is 0 Å². The van der Waals surface area contributed by atoms with Gasteiger partial charge in [0, 0.05) is 6.42 Å². The number of nitrogens with one attached hydrogen (secondary N) is 1. The first-order valence-corrected chi connectivity index (χ1v) is 23.2. The average Bonchev–Trinajstić information content (AvgIpc) is 3.20. The van der Waals surface area contributed by atoms with Crippen LogP contribution in [0, 0.1) is 0 Å². The number of allylic oxidation sites excluding steroid dienone is 5. The molecule has 0 spiro atoms. The largest absolute Gasteiger partial charge is 0.394 e. The monoisotopic (exact) mass is 794 g/mol. The summed E-state index contributed by atoms with van der Waals surface area (Å²) >= 11 is 0. The molecule has 0 aromatic heterocycles. The van der Waals surface area contributed by atoms with E-state index in [9.17, 15) is 30.3 Å². The molecule has 0 bridgehead atoms. The second-order valence-corrected chi connectivity index (χ2v) is 16.2. The fraction of sp³-hybridized carbons (Fsp3) is 0.851. The topological polar surface area (TPSA) is 149 Å². The zero-order valence-electron chi connectivity index (χ0n) is 35.9. The summed E-state index contributed by atoms with van der Waals surface area (Å²) in [5.41, 5.74) is 0. The van der Waals surface area contributed by atoms with Crippen LogP contribution in [-0.2, 0) is 14.3 Å². The second-order valence-electron chi connectivity index (χ2n) is 16.2. The Labute approximate surface area is 342 Å². The minimum Gasteiger partial charge on any atom is -0.394 e. The van der Waals surface area contributed by atoms with Crippen LogP contribution in [0.5, 0.6) is 0 Å². The Hall–Kier alpha value is -1.59. The van der Waals surface area contributed by atoms with Crippen LogP contribution < -0.4 is 5.32 Å². The zero-order chi connectivity index (χ0) is 40.9. The third-order valence-corrected chi connectivity index (χ3v) is 10.9. The molecule has 6 N–H and O–H groups in total. The quantitative estimate of drug-likeness (QED) is 0.0268. The number of unbranched alkanes of at least 4 members (excludes halogenated alkanes) is 24. The number of rotatable bonds is 38. The number of carbonyl (C=O) groups excluding carboxylic acids is 1. The van der Waals surface area contributed by atoms with Gasteiger partial charge >= 0.3 is 0 Å². The Morgan fingerprint density at radius 3 is 1.50 bits per heavy atom. The van der Waals surface area contributed by atoms with Crippen molar-refractivity contribution in [2.24, 2.45) is 0 Å². The van der Waals surface area contributed by atoms with Gasteiger partial charge in [-0.15, -0.1) is 0 Å². The Balaban J connectivity index is 2.22. The molecule has 1 heterocycles. The van der Waals surface area contributed by atoms with E-state index in [1.54, 1.807) is 6.08 Å². The third-order valence-electron chi connectivity index (χ3n) is 10.9. The van der Waals surface area contributed by atoms with Crippen molar-refractivity contribution in [3.63, 3.8) is 0 Å². The summed E-state index contributed by atoms with van der Waals surface area (Å²) < 4.78 is 11.1. The number of aliphatic hydroxyl groups is 5. The lowest BCUT2D eigenvalue weighted by atomic mass is 9.99. The number of hydrogen-bond acceptors (Lipinski definition) is 8. The maximum Gasteiger partial charge on any atom is 0.220 e. The number of ether oxygens (including phenoxy) is 2. The van der Waals surface area contributed by atoms with Gasteiger partial charge in [0.15, 0.2) is 6.29 Å². The molecule has 7 unspecified atom stereocenters. The first kappa shape index (κ1) is 52.4. The van der Waals surface area contributed by atoms with Crippen molar-refractivity contribution in [3.05, 3.63) is 36.5 Å². The van der Waals surface area contributed by atoms with Crippen molar-refractivity contribution >= 4 is 5.91 Å². The molecule has 9 heteroatoms. The van der Waals surface area contributed by atoms with Crippen molar-refractivity contribution in [2.75, 3.05) is 13.2 Å². The third kappa shape index (κ3) is 27.9. The summed E-state index contributed by atoms with van der Waals surface area (Å²) in [5, 5.41) is 53.8. The highest BCUT2D eigenvalue weighted by Crippen LogP contribution is 2.22. The Morgan fingerprint density at radius 2 is 1.02 bits per heavy atom. The van der Waals surface area contributed by atoms with Crippen LogP contribution in [-0.4, -0.2) is 87.5 Å². The molecule has 1 saturated heterocycles. The number of hydrogen-bond donors (Lipinski definition) is 6. The van der Waals surface area contributed by atoms with Crippen molar-refractivity contribution < 1.29 is 39.8 Å². The molecule has 0 aromatic rings. The molecule has 1 fully saturated rings. The average molecular weight is 794 g/mol. The number of amides is 1. The molecule has 9 nitrogen and oxygen atoms in total. The molecule has 0 radical (unpaired) electrons. The van der Waals surface area contributed by atoms with E-state index >= 15 is 0 Å². The zero-order valence-corrected chi connectivity index (χ0v) is 35.9. The molecular weight excluding hydrogens is 707 g/mol. The minimum absolute atomic E-state index is 0.201. The maximum absolute atomic E-state index is 12.8. The van der Waals surface area contributed by atoms with Gasteiger partial charge in [-0.2, -0.15) is 0 Å². The Bertz CT molecular complexity index is 972. The molecule has 0 aliphatic carbocycles. The van der Waals surface area contributed by atoms with E-state index in [0.717, 1.165) is 57.8 Å². The fourth-order valence-corrected chi connectivity index (χ4v) is 7.19. The van der Waals surface area contributed by atoms with Crippen LogP contribution in [0.2, 0.25) is 0 Å². The predicted molar refractivity (Wildman–Crippen MR) is 230 cm³/mol. The second kappa shape index (κ2) is 37.7. The van der Waals surface area contributed by atoms with E-state index in [4.69, 9.17) is 9.47 Å². The first-order chi connectivity index (χ1) is 27.3. The van der Waals surface area contributed by atoms with Crippen LogP contribution in [0.25, 0.3) is 0 Å². The number of aliphatic hydroxyl groups excluding tert-OH is 5. The van der Waals surface area contributed by atoms with E-state index in [-0.39, 0.29) is 12.5 Å². The molecule has 1 amide bonds. The van der Waals surface area contributed by atoms with Crippen molar-refractivity contribution in [1.29, 1.82) is 0 Å². The first-order valence-electron chi connectivity index (χ1n) is 23.2. The van der Waals surface area contributed by atoms with Crippen LogP contribution >= 0.6 is 0 Å². The molecule has 1 aliphatic heterocycles. The molecule has 56 heavy (non-hydrogen) atoms. The summed E-state index contributed by atoms with van der Waals surface area (Å²) in [5.74, 6) is -0.201. The SMILES string of the molecule is CCCCCCCCCCCCCCCCCCC/C=C/CC/C=C/CC/C=C/C(O)C(COC1OC(CO)C(O)C(O)C1O)NC(=O)CCCCCCCC. The maximum atomic E-state index is 12.8. The van der Waals surface area contributed by atoms with Gasteiger partial charge in [0.1, 0.15) is 24.4 Å². The van der Waals surface area contributed by atoms with Gasteiger partial charge in [-0.25, -0.2) is 0 Å². The van der Waals surface area contributed by atoms with Crippen molar-refractivity contribution in [2.45, 2.75) is 243 Å². The lowest BCUT2D eigenvalue weighted by molar-refractivity contribution is -0.302. The van der Waals surface area contributed by atoms with Crippen LogP contribution in [0.15, 0.2) is 36.5 Å².